The fraction of sp³-hybridized carbons (Fsp3) is 0.824. The van der Waals surface area contributed by atoms with E-state index in [1.54, 1.807) is 0 Å². The van der Waals surface area contributed by atoms with Crippen molar-refractivity contribution >= 4 is 29.9 Å². The Morgan fingerprint density at radius 3 is 2.28 bits per heavy atom. The van der Waals surface area contributed by atoms with Gasteiger partial charge in [-0.3, -0.25) is 4.90 Å². The van der Waals surface area contributed by atoms with Crippen LogP contribution in [0.5, 0.6) is 0 Å². The highest BCUT2D eigenvalue weighted by Crippen LogP contribution is 2.05. The molecule has 1 aromatic rings. The maximum atomic E-state index is 4.60. The first-order chi connectivity index (χ1) is 11.4. The molecule has 0 fully saturated rings. The second-order valence-electron chi connectivity index (χ2n) is 6.62. The molecule has 0 saturated carbocycles. The molecule has 0 aromatic carbocycles. The van der Waals surface area contributed by atoms with Crippen molar-refractivity contribution in [3.05, 3.63) is 11.6 Å². The highest BCUT2D eigenvalue weighted by atomic mass is 127. The second kappa shape index (κ2) is 12.5. The van der Waals surface area contributed by atoms with Gasteiger partial charge in [0, 0.05) is 38.8 Å². The van der Waals surface area contributed by atoms with Gasteiger partial charge in [-0.1, -0.05) is 0 Å². The first kappa shape index (κ1) is 24.1. The molecule has 7 nitrogen and oxygen atoms in total. The predicted octanol–water partition coefficient (Wildman–Crippen LogP) is 2.31. The fourth-order valence-corrected chi connectivity index (χ4v) is 2.66. The van der Waals surface area contributed by atoms with E-state index < -0.39 is 0 Å². The van der Waals surface area contributed by atoms with Crippen LogP contribution >= 0.6 is 24.0 Å². The van der Waals surface area contributed by atoms with Crippen molar-refractivity contribution < 1.29 is 0 Å². The van der Waals surface area contributed by atoms with E-state index in [1.807, 2.05) is 18.5 Å². The molecule has 0 aliphatic rings. The van der Waals surface area contributed by atoms with Gasteiger partial charge in [-0.25, -0.2) is 4.99 Å². The van der Waals surface area contributed by atoms with Gasteiger partial charge in [0.2, 0.25) is 0 Å². The zero-order chi connectivity index (χ0) is 18.1. The van der Waals surface area contributed by atoms with E-state index in [2.05, 4.69) is 65.3 Å². The SMILES string of the molecule is CCNC(=NCc1nnc(C)n1C)NCCCN(C(C)C)C(C)C.I. The molecule has 1 heterocycles. The lowest BCUT2D eigenvalue weighted by molar-refractivity contribution is 0.173. The minimum Gasteiger partial charge on any atom is -0.357 e. The van der Waals surface area contributed by atoms with Crippen molar-refractivity contribution in [2.45, 2.75) is 66.6 Å². The summed E-state index contributed by atoms with van der Waals surface area (Å²) in [4.78, 5) is 7.11. The van der Waals surface area contributed by atoms with Crippen LogP contribution in [0.2, 0.25) is 0 Å². The number of nitrogens with zero attached hydrogens (tertiary/aromatic N) is 5. The van der Waals surface area contributed by atoms with Crippen molar-refractivity contribution in [3.8, 4) is 0 Å². The molecule has 0 spiro atoms. The number of nitrogens with one attached hydrogen (secondary N) is 2. The van der Waals surface area contributed by atoms with Gasteiger partial charge in [0.15, 0.2) is 11.8 Å². The minimum absolute atomic E-state index is 0. The van der Waals surface area contributed by atoms with Crippen LogP contribution in [0.15, 0.2) is 4.99 Å². The van der Waals surface area contributed by atoms with Crippen LogP contribution in [-0.2, 0) is 13.6 Å². The Morgan fingerprint density at radius 1 is 1.16 bits per heavy atom. The summed E-state index contributed by atoms with van der Waals surface area (Å²) < 4.78 is 1.97. The molecule has 0 bridgehead atoms. The Morgan fingerprint density at radius 2 is 1.80 bits per heavy atom. The highest BCUT2D eigenvalue weighted by molar-refractivity contribution is 14.0. The van der Waals surface area contributed by atoms with Gasteiger partial charge < -0.3 is 15.2 Å². The molecule has 1 aromatic heterocycles. The van der Waals surface area contributed by atoms with E-state index in [0.29, 0.717) is 18.6 Å². The number of guanidine groups is 1. The molecule has 1 rings (SSSR count). The second-order valence-corrected chi connectivity index (χ2v) is 6.62. The van der Waals surface area contributed by atoms with E-state index in [4.69, 9.17) is 0 Å². The normalized spacial score (nSPS) is 12.0. The molecule has 0 amide bonds. The van der Waals surface area contributed by atoms with Gasteiger partial charge in [-0.2, -0.15) is 0 Å². The van der Waals surface area contributed by atoms with Crippen molar-refractivity contribution in [2.75, 3.05) is 19.6 Å². The summed E-state index contributed by atoms with van der Waals surface area (Å²) >= 11 is 0. The summed E-state index contributed by atoms with van der Waals surface area (Å²) in [6, 6.07) is 1.15. The standard InChI is InChI=1S/C17H35N7.HI/c1-8-18-17(20-12-16-22-21-15(6)23(16)7)19-10-9-11-24(13(2)3)14(4)5;/h13-14H,8-12H2,1-7H3,(H2,18,19,20);1H. The quantitative estimate of drug-likeness (QED) is 0.254. The molecule has 8 heteroatoms. The number of rotatable bonds is 9. The van der Waals surface area contributed by atoms with Crippen molar-refractivity contribution in [2.24, 2.45) is 12.0 Å². The summed E-state index contributed by atoms with van der Waals surface area (Å²) in [6.07, 6.45) is 1.09. The highest BCUT2D eigenvalue weighted by Gasteiger charge is 2.12. The van der Waals surface area contributed by atoms with Gasteiger partial charge in [0.1, 0.15) is 12.4 Å². The van der Waals surface area contributed by atoms with E-state index in [0.717, 1.165) is 43.7 Å². The monoisotopic (exact) mass is 465 g/mol. The van der Waals surface area contributed by atoms with Crippen molar-refractivity contribution in [1.29, 1.82) is 0 Å². The van der Waals surface area contributed by atoms with E-state index in [1.165, 1.54) is 0 Å². The largest absolute Gasteiger partial charge is 0.357 e. The van der Waals surface area contributed by atoms with E-state index in [-0.39, 0.29) is 24.0 Å². The lowest BCUT2D eigenvalue weighted by Crippen LogP contribution is -2.41. The molecular formula is C17H36IN7. The number of hydrogen-bond donors (Lipinski definition) is 2. The van der Waals surface area contributed by atoms with Crippen LogP contribution in [0.3, 0.4) is 0 Å². The van der Waals surface area contributed by atoms with Crippen LogP contribution in [0.4, 0.5) is 0 Å². The molecule has 0 radical (unpaired) electrons. The maximum Gasteiger partial charge on any atom is 0.191 e. The lowest BCUT2D eigenvalue weighted by Gasteiger charge is -2.30. The van der Waals surface area contributed by atoms with Crippen LogP contribution in [0.1, 0.15) is 52.7 Å². The van der Waals surface area contributed by atoms with Crippen LogP contribution in [-0.4, -0.2) is 57.3 Å². The predicted molar refractivity (Wildman–Crippen MR) is 116 cm³/mol. The number of halogens is 1. The molecular weight excluding hydrogens is 429 g/mol. The number of hydrogen-bond acceptors (Lipinski definition) is 4. The third kappa shape index (κ3) is 8.35. The van der Waals surface area contributed by atoms with E-state index >= 15 is 0 Å². The Kier molecular flexibility index (Phi) is 12.0. The molecule has 0 saturated heterocycles. The first-order valence-electron chi connectivity index (χ1n) is 8.99. The van der Waals surface area contributed by atoms with Gasteiger partial charge in [0.05, 0.1) is 0 Å². The lowest BCUT2D eigenvalue weighted by atomic mass is 10.2. The molecule has 0 atom stereocenters. The van der Waals surface area contributed by atoms with Gasteiger partial charge in [-0.15, -0.1) is 34.2 Å². The summed E-state index contributed by atoms with van der Waals surface area (Å²) in [7, 11) is 1.97. The number of aryl methyl sites for hydroxylation is 1. The summed E-state index contributed by atoms with van der Waals surface area (Å²) in [5.74, 6) is 2.61. The van der Waals surface area contributed by atoms with Crippen LogP contribution in [0.25, 0.3) is 0 Å². The van der Waals surface area contributed by atoms with Crippen LogP contribution < -0.4 is 10.6 Å². The molecule has 146 valence electrons. The molecule has 2 N–H and O–H groups in total. The van der Waals surface area contributed by atoms with Gasteiger partial charge >= 0.3 is 0 Å². The van der Waals surface area contributed by atoms with Gasteiger partial charge in [0.25, 0.3) is 0 Å². The molecule has 25 heavy (non-hydrogen) atoms. The van der Waals surface area contributed by atoms with E-state index in [9.17, 15) is 0 Å². The average molecular weight is 465 g/mol. The zero-order valence-corrected chi connectivity index (χ0v) is 19.2. The minimum atomic E-state index is 0. The van der Waals surface area contributed by atoms with Crippen molar-refractivity contribution in [1.82, 2.24) is 30.3 Å². The van der Waals surface area contributed by atoms with Crippen LogP contribution in [0, 0.1) is 6.92 Å². The molecule has 0 unspecified atom stereocenters. The summed E-state index contributed by atoms with van der Waals surface area (Å²) in [6.45, 7) is 16.4. The maximum absolute atomic E-state index is 4.60. The average Bonchev–Trinajstić information content (AvgIpc) is 2.83. The Hall–Kier alpha value is -0.900. The Labute approximate surface area is 170 Å². The molecule has 0 aliphatic carbocycles. The van der Waals surface area contributed by atoms with Gasteiger partial charge in [-0.05, 0) is 48.0 Å². The first-order valence-corrected chi connectivity index (χ1v) is 8.99. The summed E-state index contributed by atoms with van der Waals surface area (Å²) in [5.41, 5.74) is 0. The number of aromatic nitrogens is 3. The third-order valence-electron chi connectivity index (χ3n) is 4.12. The summed E-state index contributed by atoms with van der Waals surface area (Å²) in [5, 5.41) is 14.9. The number of aliphatic imine (C=N–C) groups is 1. The zero-order valence-electron chi connectivity index (χ0n) is 16.8. The van der Waals surface area contributed by atoms with Crippen molar-refractivity contribution in [3.63, 3.8) is 0 Å². The smallest absolute Gasteiger partial charge is 0.191 e. The molecule has 0 aliphatic heterocycles. The Balaban J connectivity index is 0.00000576. The topological polar surface area (TPSA) is 70.4 Å². The third-order valence-corrected chi connectivity index (χ3v) is 4.12. The Bertz CT molecular complexity index is 503. The fourth-order valence-electron chi connectivity index (χ4n) is 2.66.